The topological polar surface area (TPSA) is 35.2 Å². The van der Waals surface area contributed by atoms with Crippen LogP contribution >= 0.6 is 39.1 Å². The van der Waals surface area contributed by atoms with Crippen LogP contribution in [0.5, 0.6) is 11.5 Å². The number of hydrogen-bond acceptors (Lipinski definition) is 2. The molecule has 0 aliphatic rings. The Morgan fingerprint density at radius 2 is 1.89 bits per heavy atom. The van der Waals surface area contributed by atoms with E-state index in [9.17, 15) is 0 Å². The second-order valence-corrected chi connectivity index (χ2v) is 5.85. The van der Waals surface area contributed by atoms with Gasteiger partial charge in [0.25, 0.3) is 0 Å². The van der Waals surface area contributed by atoms with E-state index in [1.54, 1.807) is 18.2 Å². The van der Waals surface area contributed by atoms with Gasteiger partial charge >= 0.3 is 0 Å². The fraction of sp³-hybridized carbons (Fsp3) is 0.143. The Bertz CT molecular complexity index is 602. The van der Waals surface area contributed by atoms with Crippen molar-refractivity contribution in [3.63, 3.8) is 0 Å². The van der Waals surface area contributed by atoms with Crippen molar-refractivity contribution < 1.29 is 4.74 Å². The second kappa shape index (κ2) is 6.14. The van der Waals surface area contributed by atoms with Gasteiger partial charge in [-0.15, -0.1) is 0 Å². The molecule has 0 aliphatic heterocycles. The third-order valence-electron chi connectivity index (χ3n) is 2.58. The van der Waals surface area contributed by atoms with Crippen molar-refractivity contribution in [2.45, 2.75) is 13.0 Å². The van der Waals surface area contributed by atoms with Crippen LogP contribution in [0, 0.1) is 0 Å². The second-order valence-electron chi connectivity index (χ2n) is 4.15. The first-order valence-electron chi connectivity index (χ1n) is 5.65. The van der Waals surface area contributed by atoms with Gasteiger partial charge < -0.3 is 10.5 Å². The van der Waals surface area contributed by atoms with Gasteiger partial charge in [-0.25, -0.2) is 0 Å². The molecule has 0 unspecified atom stereocenters. The first-order valence-corrected chi connectivity index (χ1v) is 7.20. The summed E-state index contributed by atoms with van der Waals surface area (Å²) in [6.07, 6.45) is 0. The van der Waals surface area contributed by atoms with E-state index in [4.69, 9.17) is 33.7 Å². The van der Waals surface area contributed by atoms with Crippen molar-refractivity contribution in [3.8, 4) is 11.5 Å². The molecule has 2 nitrogen and oxygen atoms in total. The third kappa shape index (κ3) is 3.63. The monoisotopic (exact) mass is 359 g/mol. The van der Waals surface area contributed by atoms with Gasteiger partial charge in [-0.3, -0.25) is 0 Å². The summed E-state index contributed by atoms with van der Waals surface area (Å²) in [5.74, 6) is 1.24. The summed E-state index contributed by atoms with van der Waals surface area (Å²) in [5, 5.41) is 1.05. The van der Waals surface area contributed by atoms with Gasteiger partial charge in [0.15, 0.2) is 0 Å². The van der Waals surface area contributed by atoms with Crippen molar-refractivity contribution in [1.29, 1.82) is 0 Å². The molecule has 2 rings (SSSR count). The summed E-state index contributed by atoms with van der Waals surface area (Å²) in [6.45, 7) is 1.93. The number of hydrogen-bond donors (Lipinski definition) is 1. The standard InChI is InChI=1S/C14H12BrCl2NO/c1-8(18)11-4-3-10(7-12(11)15)19-14-5-2-9(16)6-13(14)17/h2-8H,18H2,1H3/t8-/m1/s1. The zero-order valence-corrected chi connectivity index (χ0v) is 13.3. The summed E-state index contributed by atoms with van der Waals surface area (Å²) in [4.78, 5) is 0. The molecule has 0 spiro atoms. The van der Waals surface area contributed by atoms with E-state index in [0.29, 0.717) is 21.5 Å². The molecular formula is C14H12BrCl2NO. The van der Waals surface area contributed by atoms with Gasteiger partial charge in [0.1, 0.15) is 11.5 Å². The largest absolute Gasteiger partial charge is 0.456 e. The lowest BCUT2D eigenvalue weighted by Crippen LogP contribution is -2.05. The molecule has 2 aromatic rings. The van der Waals surface area contributed by atoms with Crippen LogP contribution in [-0.2, 0) is 0 Å². The molecular weight excluding hydrogens is 349 g/mol. The Kier molecular flexibility index (Phi) is 4.74. The summed E-state index contributed by atoms with van der Waals surface area (Å²) in [6, 6.07) is 10.7. The lowest BCUT2D eigenvalue weighted by molar-refractivity contribution is 0.482. The number of halogens is 3. The molecule has 0 radical (unpaired) electrons. The van der Waals surface area contributed by atoms with Gasteiger partial charge in [-0.1, -0.05) is 45.2 Å². The molecule has 0 amide bonds. The summed E-state index contributed by atoms with van der Waals surface area (Å²) in [7, 11) is 0. The van der Waals surface area contributed by atoms with E-state index in [1.807, 2.05) is 25.1 Å². The number of rotatable bonds is 3. The van der Waals surface area contributed by atoms with Crippen LogP contribution in [-0.4, -0.2) is 0 Å². The maximum absolute atomic E-state index is 6.06. The van der Waals surface area contributed by atoms with E-state index in [-0.39, 0.29) is 6.04 Å². The molecule has 0 heterocycles. The average molecular weight is 361 g/mol. The molecule has 0 saturated carbocycles. The van der Waals surface area contributed by atoms with Crippen LogP contribution in [0.15, 0.2) is 40.9 Å². The van der Waals surface area contributed by atoms with Crippen LogP contribution in [0.4, 0.5) is 0 Å². The Balaban J connectivity index is 2.26. The molecule has 0 saturated heterocycles. The van der Waals surface area contributed by atoms with Crippen molar-refractivity contribution >= 4 is 39.1 Å². The minimum absolute atomic E-state index is 0.0393. The molecule has 0 bridgehead atoms. The highest BCUT2D eigenvalue weighted by atomic mass is 79.9. The Morgan fingerprint density at radius 1 is 1.16 bits per heavy atom. The highest BCUT2D eigenvalue weighted by Gasteiger charge is 2.08. The van der Waals surface area contributed by atoms with Crippen molar-refractivity contribution in [1.82, 2.24) is 0 Å². The van der Waals surface area contributed by atoms with Crippen LogP contribution in [0.25, 0.3) is 0 Å². The average Bonchev–Trinajstić information content (AvgIpc) is 2.32. The Morgan fingerprint density at radius 3 is 2.47 bits per heavy atom. The van der Waals surface area contributed by atoms with Gasteiger partial charge in [0.05, 0.1) is 5.02 Å². The van der Waals surface area contributed by atoms with Crippen molar-refractivity contribution in [2.24, 2.45) is 5.73 Å². The molecule has 0 aliphatic carbocycles. The van der Waals surface area contributed by atoms with Gasteiger partial charge in [-0.2, -0.15) is 0 Å². The molecule has 19 heavy (non-hydrogen) atoms. The maximum Gasteiger partial charge on any atom is 0.146 e. The third-order valence-corrected chi connectivity index (χ3v) is 3.80. The summed E-state index contributed by atoms with van der Waals surface area (Å²) in [5.41, 5.74) is 6.87. The highest BCUT2D eigenvalue weighted by molar-refractivity contribution is 9.10. The normalized spacial score (nSPS) is 12.3. The van der Waals surface area contributed by atoms with E-state index in [0.717, 1.165) is 10.0 Å². The lowest BCUT2D eigenvalue weighted by atomic mass is 10.1. The smallest absolute Gasteiger partial charge is 0.146 e. The van der Waals surface area contributed by atoms with Crippen LogP contribution < -0.4 is 10.5 Å². The zero-order chi connectivity index (χ0) is 14.0. The predicted octanol–water partition coefficient (Wildman–Crippen LogP) is 5.57. The SMILES string of the molecule is C[C@@H](N)c1ccc(Oc2ccc(Cl)cc2Cl)cc1Br. The minimum Gasteiger partial charge on any atom is -0.456 e. The fourth-order valence-electron chi connectivity index (χ4n) is 1.63. The van der Waals surface area contributed by atoms with E-state index < -0.39 is 0 Å². The maximum atomic E-state index is 6.06. The quantitative estimate of drug-likeness (QED) is 0.776. The Hall–Kier alpha value is -0.740. The van der Waals surface area contributed by atoms with Crippen molar-refractivity contribution in [3.05, 3.63) is 56.5 Å². The molecule has 0 fully saturated rings. The van der Waals surface area contributed by atoms with E-state index >= 15 is 0 Å². The lowest BCUT2D eigenvalue weighted by Gasteiger charge is -2.12. The number of benzene rings is 2. The van der Waals surface area contributed by atoms with Gasteiger partial charge in [0.2, 0.25) is 0 Å². The molecule has 2 aromatic carbocycles. The summed E-state index contributed by atoms with van der Waals surface area (Å²) < 4.78 is 6.63. The number of ether oxygens (including phenoxy) is 1. The molecule has 1 atom stereocenters. The fourth-order valence-corrected chi connectivity index (χ4v) is 2.79. The minimum atomic E-state index is -0.0393. The summed E-state index contributed by atoms with van der Waals surface area (Å²) >= 11 is 15.4. The first kappa shape index (κ1) is 14.7. The van der Waals surface area contributed by atoms with Gasteiger partial charge in [-0.05, 0) is 42.8 Å². The molecule has 0 aromatic heterocycles. The van der Waals surface area contributed by atoms with E-state index in [2.05, 4.69) is 15.9 Å². The van der Waals surface area contributed by atoms with Crippen LogP contribution in [0.3, 0.4) is 0 Å². The van der Waals surface area contributed by atoms with Crippen LogP contribution in [0.2, 0.25) is 10.0 Å². The predicted molar refractivity (Wildman–Crippen MR) is 83.3 cm³/mol. The molecule has 2 N–H and O–H groups in total. The van der Waals surface area contributed by atoms with Crippen LogP contribution in [0.1, 0.15) is 18.5 Å². The zero-order valence-electron chi connectivity index (χ0n) is 10.2. The van der Waals surface area contributed by atoms with Crippen molar-refractivity contribution in [2.75, 3.05) is 0 Å². The first-order chi connectivity index (χ1) is 8.97. The highest BCUT2D eigenvalue weighted by Crippen LogP contribution is 2.34. The number of nitrogens with two attached hydrogens (primary N) is 1. The van der Waals surface area contributed by atoms with Gasteiger partial charge in [0, 0.05) is 15.5 Å². The molecule has 5 heteroatoms. The molecule has 100 valence electrons. The van der Waals surface area contributed by atoms with E-state index in [1.165, 1.54) is 0 Å². The Labute approximate surface area is 130 Å².